The molecule has 5 heteroatoms. The highest BCUT2D eigenvalue weighted by molar-refractivity contribution is 5.36. The average molecular weight is 282 g/mol. The van der Waals surface area contributed by atoms with Gasteiger partial charge in [-0.2, -0.15) is 13.2 Å². The third-order valence-corrected chi connectivity index (χ3v) is 3.07. The van der Waals surface area contributed by atoms with Gasteiger partial charge in [-0.3, -0.25) is 0 Å². The van der Waals surface area contributed by atoms with Crippen molar-refractivity contribution in [3.63, 3.8) is 0 Å². The highest BCUT2D eigenvalue weighted by atomic mass is 19.4. The molecule has 0 aliphatic carbocycles. The molecule has 0 unspecified atom stereocenters. The number of halogens is 3. The first-order valence-corrected chi connectivity index (χ1v) is 5.91. The van der Waals surface area contributed by atoms with Gasteiger partial charge in [-0.1, -0.05) is 42.0 Å². The zero-order valence-electron chi connectivity index (χ0n) is 10.6. The van der Waals surface area contributed by atoms with E-state index in [0.717, 1.165) is 29.8 Å². The van der Waals surface area contributed by atoms with Crippen LogP contribution in [0.4, 0.5) is 13.2 Å². The molecule has 0 heterocycles. The summed E-state index contributed by atoms with van der Waals surface area (Å²) in [6.07, 6.45) is -4.45. The standard InChI is InChI=1S/C15H13F3O2/c1-10-2-4-11(5-3-10)14(19,20)12-6-8-13(9-7-12)15(16,17)18/h2-9,19-20H,1H3. The van der Waals surface area contributed by atoms with Gasteiger partial charge in [0.1, 0.15) is 0 Å². The van der Waals surface area contributed by atoms with Gasteiger partial charge >= 0.3 is 6.18 Å². The van der Waals surface area contributed by atoms with E-state index in [1.165, 1.54) is 12.1 Å². The number of aryl methyl sites for hydroxylation is 1. The Morgan fingerprint density at radius 1 is 0.700 bits per heavy atom. The second-order valence-electron chi connectivity index (χ2n) is 4.61. The first-order chi connectivity index (χ1) is 9.21. The molecule has 2 N–H and O–H groups in total. The zero-order chi connectivity index (χ0) is 15.0. The number of hydrogen-bond acceptors (Lipinski definition) is 2. The van der Waals surface area contributed by atoms with E-state index in [0.29, 0.717) is 0 Å². The molecule has 0 spiro atoms. The fourth-order valence-corrected chi connectivity index (χ4v) is 1.84. The van der Waals surface area contributed by atoms with Crippen molar-refractivity contribution in [1.82, 2.24) is 0 Å². The maximum atomic E-state index is 12.5. The Balaban J connectivity index is 2.37. The van der Waals surface area contributed by atoms with E-state index in [-0.39, 0.29) is 11.1 Å². The van der Waals surface area contributed by atoms with Crippen LogP contribution in [0.2, 0.25) is 0 Å². The van der Waals surface area contributed by atoms with Crippen molar-refractivity contribution >= 4 is 0 Å². The van der Waals surface area contributed by atoms with Crippen LogP contribution in [0, 0.1) is 6.92 Å². The average Bonchev–Trinajstić information content (AvgIpc) is 2.38. The minimum absolute atomic E-state index is 0.0191. The molecule has 0 amide bonds. The lowest BCUT2D eigenvalue weighted by atomic mass is 9.96. The van der Waals surface area contributed by atoms with Crippen molar-refractivity contribution < 1.29 is 23.4 Å². The number of alkyl halides is 3. The van der Waals surface area contributed by atoms with Crippen molar-refractivity contribution in [1.29, 1.82) is 0 Å². The third kappa shape index (κ3) is 2.84. The normalized spacial score (nSPS) is 12.5. The third-order valence-electron chi connectivity index (χ3n) is 3.07. The van der Waals surface area contributed by atoms with Gasteiger partial charge in [0.05, 0.1) is 5.56 Å². The molecule has 0 aliphatic rings. The predicted octanol–water partition coefficient (Wildman–Crippen LogP) is 3.20. The fraction of sp³-hybridized carbons (Fsp3) is 0.200. The number of aliphatic hydroxyl groups is 2. The largest absolute Gasteiger partial charge is 0.416 e. The van der Waals surface area contributed by atoms with E-state index >= 15 is 0 Å². The molecule has 0 aliphatic heterocycles. The Bertz CT molecular complexity index is 584. The van der Waals surface area contributed by atoms with Gasteiger partial charge in [0.2, 0.25) is 5.79 Å². The monoisotopic (exact) mass is 282 g/mol. The summed E-state index contributed by atoms with van der Waals surface area (Å²) in [7, 11) is 0. The molecule has 20 heavy (non-hydrogen) atoms. The van der Waals surface area contributed by atoms with Gasteiger partial charge in [-0.25, -0.2) is 0 Å². The Hall–Kier alpha value is -1.85. The van der Waals surface area contributed by atoms with Crippen LogP contribution < -0.4 is 0 Å². The van der Waals surface area contributed by atoms with Gasteiger partial charge < -0.3 is 10.2 Å². The van der Waals surface area contributed by atoms with Crippen molar-refractivity contribution in [2.24, 2.45) is 0 Å². The van der Waals surface area contributed by atoms with E-state index in [9.17, 15) is 23.4 Å². The lowest BCUT2D eigenvalue weighted by molar-refractivity contribution is -0.139. The molecule has 0 saturated heterocycles. The summed E-state index contributed by atoms with van der Waals surface area (Å²) in [5, 5.41) is 20.2. The number of rotatable bonds is 2. The Labute approximate surface area is 114 Å². The predicted molar refractivity (Wildman–Crippen MR) is 67.8 cm³/mol. The Kier molecular flexibility index (Phi) is 3.58. The fourth-order valence-electron chi connectivity index (χ4n) is 1.84. The molecule has 2 nitrogen and oxygen atoms in total. The molecule has 106 valence electrons. The van der Waals surface area contributed by atoms with Gasteiger partial charge in [0.15, 0.2) is 0 Å². The van der Waals surface area contributed by atoms with Crippen LogP contribution in [0.3, 0.4) is 0 Å². The summed E-state index contributed by atoms with van der Waals surface area (Å²) < 4.78 is 37.4. The molecule has 0 radical (unpaired) electrons. The molecule has 0 aromatic heterocycles. The molecule has 0 bridgehead atoms. The van der Waals surface area contributed by atoms with Crippen LogP contribution in [0.1, 0.15) is 22.3 Å². The Morgan fingerprint density at radius 2 is 1.05 bits per heavy atom. The molecular weight excluding hydrogens is 269 g/mol. The summed E-state index contributed by atoms with van der Waals surface area (Å²) >= 11 is 0. The quantitative estimate of drug-likeness (QED) is 0.830. The van der Waals surface area contributed by atoms with Crippen LogP contribution >= 0.6 is 0 Å². The van der Waals surface area contributed by atoms with Gasteiger partial charge in [-0.15, -0.1) is 0 Å². The lowest BCUT2D eigenvalue weighted by Crippen LogP contribution is -2.26. The highest BCUT2D eigenvalue weighted by Gasteiger charge is 2.32. The lowest BCUT2D eigenvalue weighted by Gasteiger charge is -2.23. The van der Waals surface area contributed by atoms with E-state index < -0.39 is 17.5 Å². The van der Waals surface area contributed by atoms with Crippen LogP contribution in [-0.4, -0.2) is 10.2 Å². The van der Waals surface area contributed by atoms with E-state index in [1.54, 1.807) is 12.1 Å². The highest BCUT2D eigenvalue weighted by Crippen LogP contribution is 2.32. The van der Waals surface area contributed by atoms with Crippen LogP contribution in [0.5, 0.6) is 0 Å². The molecule has 0 fully saturated rings. The van der Waals surface area contributed by atoms with E-state index in [4.69, 9.17) is 0 Å². The molecule has 2 aromatic carbocycles. The van der Waals surface area contributed by atoms with Crippen molar-refractivity contribution in [3.8, 4) is 0 Å². The first-order valence-electron chi connectivity index (χ1n) is 5.91. The minimum Gasteiger partial charge on any atom is -0.358 e. The molecule has 0 saturated carbocycles. The molecule has 2 aromatic rings. The van der Waals surface area contributed by atoms with Gasteiger partial charge in [-0.05, 0) is 19.1 Å². The zero-order valence-corrected chi connectivity index (χ0v) is 10.6. The van der Waals surface area contributed by atoms with Crippen molar-refractivity contribution in [3.05, 3.63) is 70.8 Å². The number of hydrogen-bond donors (Lipinski definition) is 2. The van der Waals surface area contributed by atoms with E-state index in [2.05, 4.69) is 0 Å². The Morgan fingerprint density at radius 3 is 1.45 bits per heavy atom. The van der Waals surface area contributed by atoms with Crippen LogP contribution in [-0.2, 0) is 12.0 Å². The summed E-state index contributed by atoms with van der Waals surface area (Å²) in [6, 6.07) is 10.2. The molecule has 0 atom stereocenters. The van der Waals surface area contributed by atoms with E-state index in [1.807, 2.05) is 6.92 Å². The second kappa shape index (κ2) is 4.92. The topological polar surface area (TPSA) is 40.5 Å². The minimum atomic E-state index is -4.45. The second-order valence-corrected chi connectivity index (χ2v) is 4.61. The maximum Gasteiger partial charge on any atom is 0.416 e. The van der Waals surface area contributed by atoms with Crippen LogP contribution in [0.15, 0.2) is 48.5 Å². The SMILES string of the molecule is Cc1ccc(C(O)(O)c2ccc(C(F)(F)F)cc2)cc1. The number of benzene rings is 2. The van der Waals surface area contributed by atoms with Crippen LogP contribution in [0.25, 0.3) is 0 Å². The smallest absolute Gasteiger partial charge is 0.358 e. The summed E-state index contributed by atoms with van der Waals surface area (Å²) in [5.74, 6) is -2.32. The molecule has 2 rings (SSSR count). The van der Waals surface area contributed by atoms with Gasteiger partial charge in [0, 0.05) is 11.1 Å². The summed E-state index contributed by atoms with van der Waals surface area (Å²) in [4.78, 5) is 0. The van der Waals surface area contributed by atoms with Crippen molar-refractivity contribution in [2.75, 3.05) is 0 Å². The summed E-state index contributed by atoms with van der Waals surface area (Å²) in [5.41, 5.74) is 0.287. The summed E-state index contributed by atoms with van der Waals surface area (Å²) in [6.45, 7) is 1.85. The first kappa shape index (κ1) is 14.6. The van der Waals surface area contributed by atoms with Crippen molar-refractivity contribution in [2.45, 2.75) is 18.9 Å². The van der Waals surface area contributed by atoms with Gasteiger partial charge in [0.25, 0.3) is 0 Å². The maximum absolute atomic E-state index is 12.5. The molecular formula is C15H13F3O2.